The Labute approximate surface area is 100.0 Å². The van der Waals surface area contributed by atoms with E-state index in [1.165, 1.54) is 0 Å². The largest absolute Gasteiger partial charge is 0.469 e. The fourth-order valence-corrected chi connectivity index (χ4v) is 1.59. The van der Waals surface area contributed by atoms with Crippen molar-refractivity contribution in [2.45, 2.75) is 33.2 Å². The summed E-state index contributed by atoms with van der Waals surface area (Å²) in [5, 5.41) is 3.93. The van der Waals surface area contributed by atoms with Crippen molar-refractivity contribution in [2.75, 3.05) is 0 Å². The van der Waals surface area contributed by atoms with Gasteiger partial charge in [-0.3, -0.25) is 0 Å². The van der Waals surface area contributed by atoms with Crippen molar-refractivity contribution in [3.05, 3.63) is 24.0 Å². The first-order chi connectivity index (χ1) is 8.13. The number of hydrogen-bond donors (Lipinski definition) is 1. The van der Waals surface area contributed by atoms with Crippen molar-refractivity contribution < 1.29 is 8.94 Å². The monoisotopic (exact) mass is 235 g/mol. The highest BCUT2D eigenvalue weighted by molar-refractivity contribution is 5.56. The van der Waals surface area contributed by atoms with E-state index in [-0.39, 0.29) is 6.04 Å². The molecule has 0 saturated carbocycles. The van der Waals surface area contributed by atoms with Gasteiger partial charge in [-0.25, -0.2) is 0 Å². The zero-order valence-electron chi connectivity index (χ0n) is 10.3. The third-order valence-corrected chi connectivity index (χ3v) is 3.08. The average molecular weight is 235 g/mol. The Bertz CT molecular complexity index is 489. The minimum Gasteiger partial charge on any atom is -0.469 e. The van der Waals surface area contributed by atoms with Crippen molar-refractivity contribution in [3.63, 3.8) is 0 Å². The van der Waals surface area contributed by atoms with Crippen LogP contribution in [-0.4, -0.2) is 10.1 Å². The molecule has 0 unspecified atom stereocenters. The molecule has 0 spiro atoms. The minimum absolute atomic E-state index is 0.214. The van der Waals surface area contributed by atoms with Crippen molar-refractivity contribution in [1.82, 2.24) is 10.1 Å². The molecule has 0 aliphatic rings. The van der Waals surface area contributed by atoms with Crippen LogP contribution in [0.3, 0.4) is 0 Å². The van der Waals surface area contributed by atoms with E-state index in [9.17, 15) is 0 Å². The molecule has 0 radical (unpaired) electrons. The van der Waals surface area contributed by atoms with Crippen LogP contribution in [0.4, 0.5) is 0 Å². The summed E-state index contributed by atoms with van der Waals surface area (Å²) in [7, 11) is 0. The van der Waals surface area contributed by atoms with Gasteiger partial charge in [0.15, 0.2) is 0 Å². The number of aryl methyl sites for hydroxylation is 1. The van der Waals surface area contributed by atoms with Gasteiger partial charge in [-0.1, -0.05) is 25.4 Å². The number of hydrogen-bond acceptors (Lipinski definition) is 5. The van der Waals surface area contributed by atoms with Gasteiger partial charge < -0.3 is 14.7 Å². The summed E-state index contributed by atoms with van der Waals surface area (Å²) in [6.45, 7) is 6.01. The molecule has 0 amide bonds. The van der Waals surface area contributed by atoms with E-state index in [4.69, 9.17) is 14.7 Å². The van der Waals surface area contributed by atoms with Gasteiger partial charge in [0, 0.05) is 0 Å². The predicted octanol–water partition coefficient (Wildman–Crippen LogP) is 2.68. The molecule has 2 aromatic heterocycles. The van der Waals surface area contributed by atoms with Crippen molar-refractivity contribution in [1.29, 1.82) is 0 Å². The molecule has 2 heterocycles. The van der Waals surface area contributed by atoms with E-state index in [0.717, 1.165) is 17.7 Å². The topological polar surface area (TPSA) is 78.1 Å². The fraction of sp³-hybridized carbons (Fsp3) is 0.500. The maximum Gasteiger partial charge on any atom is 0.244 e. The number of rotatable bonds is 4. The van der Waals surface area contributed by atoms with Gasteiger partial charge in [-0.2, -0.15) is 4.98 Å². The van der Waals surface area contributed by atoms with E-state index < -0.39 is 0 Å². The Kier molecular flexibility index (Phi) is 3.28. The molecule has 2 N–H and O–H groups in total. The maximum atomic E-state index is 6.03. The summed E-state index contributed by atoms with van der Waals surface area (Å²) < 4.78 is 10.4. The van der Waals surface area contributed by atoms with Crippen molar-refractivity contribution in [3.8, 4) is 11.4 Å². The lowest BCUT2D eigenvalue weighted by Crippen LogP contribution is -2.18. The number of aromatic nitrogens is 2. The standard InChI is InChI=1S/C12H17N3O2/c1-4-7(2)10(13)12-14-11(15-17-12)9-5-6-16-8(9)3/h5-7,10H,4,13H2,1-3H3/t7-,10-/m0/s1. The summed E-state index contributed by atoms with van der Waals surface area (Å²) in [5.74, 6) is 2.10. The second-order valence-corrected chi connectivity index (χ2v) is 4.26. The molecule has 0 aromatic carbocycles. The van der Waals surface area contributed by atoms with Gasteiger partial charge in [-0.15, -0.1) is 0 Å². The Morgan fingerprint density at radius 3 is 2.82 bits per heavy atom. The lowest BCUT2D eigenvalue weighted by molar-refractivity contribution is 0.312. The molecule has 0 aliphatic carbocycles. The van der Waals surface area contributed by atoms with Crippen LogP contribution in [0.2, 0.25) is 0 Å². The van der Waals surface area contributed by atoms with Crippen LogP contribution < -0.4 is 5.73 Å². The molecule has 0 saturated heterocycles. The molecule has 2 aromatic rings. The summed E-state index contributed by atoms with van der Waals surface area (Å²) in [5.41, 5.74) is 6.88. The van der Waals surface area contributed by atoms with E-state index in [1.54, 1.807) is 6.26 Å². The SMILES string of the molecule is CC[C@H](C)[C@H](N)c1nc(-c2ccoc2C)no1. The third-order valence-electron chi connectivity index (χ3n) is 3.08. The van der Waals surface area contributed by atoms with Gasteiger partial charge in [0.2, 0.25) is 11.7 Å². The summed E-state index contributed by atoms with van der Waals surface area (Å²) >= 11 is 0. The smallest absolute Gasteiger partial charge is 0.244 e. The highest BCUT2D eigenvalue weighted by Crippen LogP contribution is 2.25. The maximum absolute atomic E-state index is 6.03. The summed E-state index contributed by atoms with van der Waals surface area (Å²) in [4.78, 5) is 4.32. The Morgan fingerprint density at radius 1 is 1.47 bits per heavy atom. The lowest BCUT2D eigenvalue weighted by atomic mass is 10.0. The first-order valence-corrected chi connectivity index (χ1v) is 5.77. The van der Waals surface area contributed by atoms with E-state index in [2.05, 4.69) is 24.0 Å². The molecular formula is C12H17N3O2. The Hall–Kier alpha value is -1.62. The highest BCUT2D eigenvalue weighted by atomic mass is 16.5. The third kappa shape index (κ3) is 2.24. The fourth-order valence-electron chi connectivity index (χ4n) is 1.59. The molecule has 2 rings (SSSR count). The number of nitrogens with two attached hydrogens (primary N) is 1. The lowest BCUT2D eigenvalue weighted by Gasteiger charge is -2.12. The normalized spacial score (nSPS) is 14.8. The number of furan rings is 1. The predicted molar refractivity (Wildman–Crippen MR) is 63.1 cm³/mol. The van der Waals surface area contributed by atoms with Crippen molar-refractivity contribution in [2.24, 2.45) is 11.7 Å². The number of nitrogens with zero attached hydrogens (tertiary/aromatic N) is 2. The quantitative estimate of drug-likeness (QED) is 0.881. The van der Waals surface area contributed by atoms with E-state index in [1.807, 2.05) is 13.0 Å². The zero-order chi connectivity index (χ0) is 12.4. The van der Waals surface area contributed by atoms with Gasteiger partial charge in [0.1, 0.15) is 5.76 Å². The van der Waals surface area contributed by atoms with Gasteiger partial charge >= 0.3 is 0 Å². The molecule has 92 valence electrons. The van der Waals surface area contributed by atoms with Crippen LogP contribution in [0.25, 0.3) is 11.4 Å². The van der Waals surface area contributed by atoms with Gasteiger partial charge in [-0.05, 0) is 18.9 Å². The Balaban J connectivity index is 2.25. The zero-order valence-corrected chi connectivity index (χ0v) is 10.3. The molecule has 0 fully saturated rings. The minimum atomic E-state index is -0.214. The summed E-state index contributed by atoms with van der Waals surface area (Å²) in [6.07, 6.45) is 2.58. The van der Waals surface area contributed by atoms with Crippen LogP contribution in [-0.2, 0) is 0 Å². The first-order valence-electron chi connectivity index (χ1n) is 5.77. The first kappa shape index (κ1) is 11.9. The highest BCUT2D eigenvalue weighted by Gasteiger charge is 2.21. The van der Waals surface area contributed by atoms with Crippen LogP contribution >= 0.6 is 0 Å². The van der Waals surface area contributed by atoms with Crippen LogP contribution in [0.1, 0.15) is 38.0 Å². The van der Waals surface area contributed by atoms with Crippen molar-refractivity contribution >= 4 is 0 Å². The second-order valence-electron chi connectivity index (χ2n) is 4.26. The molecule has 5 nitrogen and oxygen atoms in total. The van der Waals surface area contributed by atoms with Gasteiger partial charge in [0.05, 0.1) is 17.9 Å². The summed E-state index contributed by atoms with van der Waals surface area (Å²) in [6, 6.07) is 1.60. The molecular weight excluding hydrogens is 218 g/mol. The molecule has 0 aliphatic heterocycles. The molecule has 2 atom stereocenters. The molecule has 5 heteroatoms. The molecule has 17 heavy (non-hydrogen) atoms. The van der Waals surface area contributed by atoms with E-state index in [0.29, 0.717) is 17.6 Å². The van der Waals surface area contributed by atoms with Crippen LogP contribution in [0, 0.1) is 12.8 Å². The van der Waals surface area contributed by atoms with Crippen LogP contribution in [0.5, 0.6) is 0 Å². The second kappa shape index (κ2) is 4.71. The average Bonchev–Trinajstić information content (AvgIpc) is 2.95. The molecule has 0 bridgehead atoms. The van der Waals surface area contributed by atoms with Crippen LogP contribution in [0.15, 0.2) is 21.3 Å². The van der Waals surface area contributed by atoms with Gasteiger partial charge in [0.25, 0.3) is 0 Å². The van der Waals surface area contributed by atoms with E-state index >= 15 is 0 Å². The Morgan fingerprint density at radius 2 is 2.24 bits per heavy atom.